The third kappa shape index (κ3) is 2.74. The van der Waals surface area contributed by atoms with Gasteiger partial charge in [0.1, 0.15) is 10.0 Å². The van der Waals surface area contributed by atoms with Crippen LogP contribution in [0.1, 0.15) is 20.7 Å². The Morgan fingerprint density at radius 1 is 1.23 bits per heavy atom. The summed E-state index contributed by atoms with van der Waals surface area (Å²) in [4.78, 5) is 21.7. The molecular weight excluding hydrogens is 300 g/mol. The molecule has 0 aliphatic heterocycles. The lowest BCUT2D eigenvalue weighted by atomic mass is 10.1. The van der Waals surface area contributed by atoms with Gasteiger partial charge in [0.25, 0.3) is 0 Å². The average Bonchev–Trinajstić information content (AvgIpc) is 2.17. The normalized spacial score (nSPS) is 10.1. The van der Waals surface area contributed by atoms with Gasteiger partial charge in [-0.2, -0.15) is 0 Å². The monoisotopic (exact) mass is 304 g/mol. The van der Waals surface area contributed by atoms with Crippen LogP contribution in [-0.2, 0) is 0 Å². The molecule has 2 nitrogen and oxygen atoms in total. The Morgan fingerprint density at radius 3 is 2.15 bits per heavy atom. The summed E-state index contributed by atoms with van der Waals surface area (Å²) in [5.41, 5.74) is 1.14. The molecule has 0 bridgehead atoms. The summed E-state index contributed by atoms with van der Waals surface area (Å²) in [6, 6.07) is 6.48. The molecule has 4 heteroatoms. The maximum atomic E-state index is 11.4. The van der Waals surface area contributed by atoms with Crippen LogP contribution < -0.4 is 0 Å². The van der Waals surface area contributed by atoms with Gasteiger partial charge in [0, 0.05) is 11.1 Å². The van der Waals surface area contributed by atoms with Crippen LogP contribution >= 0.6 is 31.9 Å². The first-order valence-corrected chi connectivity index (χ1v) is 5.36. The molecule has 1 rings (SSSR count). The highest BCUT2D eigenvalue weighted by Crippen LogP contribution is 2.15. The number of halogens is 2. The van der Waals surface area contributed by atoms with E-state index >= 15 is 0 Å². The molecule has 0 fully saturated rings. The molecular formula is C9H6Br2O2. The Hall–Kier alpha value is -0.480. The number of carbonyl (C=O) groups excluding carboxylic acids is 2. The van der Waals surface area contributed by atoms with Crippen LogP contribution in [-0.4, -0.2) is 15.8 Å². The molecule has 0 N–H and O–H groups in total. The van der Waals surface area contributed by atoms with Crippen molar-refractivity contribution in [3.8, 4) is 0 Å². The summed E-state index contributed by atoms with van der Waals surface area (Å²) < 4.78 is -0.373. The number of alkyl halides is 2. The third-order valence-corrected chi connectivity index (χ3v) is 2.36. The molecule has 1 aromatic carbocycles. The van der Waals surface area contributed by atoms with Gasteiger partial charge in [-0.1, -0.05) is 56.1 Å². The zero-order chi connectivity index (χ0) is 9.84. The van der Waals surface area contributed by atoms with E-state index < -0.39 is 0 Å². The minimum atomic E-state index is -0.373. The molecule has 0 heterocycles. The van der Waals surface area contributed by atoms with E-state index in [1.54, 1.807) is 24.3 Å². The summed E-state index contributed by atoms with van der Waals surface area (Å²) in [5.74, 6) is -0.0579. The number of benzene rings is 1. The predicted molar refractivity (Wildman–Crippen MR) is 57.8 cm³/mol. The maximum absolute atomic E-state index is 11.4. The van der Waals surface area contributed by atoms with Gasteiger partial charge in [-0.05, 0) is 0 Å². The van der Waals surface area contributed by atoms with E-state index in [1.165, 1.54) is 0 Å². The Bertz CT molecular complexity index is 317. The first-order valence-electron chi connectivity index (χ1n) is 3.52. The SMILES string of the molecule is O=Cc1ccc(C(=O)C(Br)Br)cc1. The van der Waals surface area contributed by atoms with Crippen molar-refractivity contribution in [3.63, 3.8) is 0 Å². The van der Waals surface area contributed by atoms with E-state index in [-0.39, 0.29) is 9.52 Å². The molecule has 0 amide bonds. The summed E-state index contributed by atoms with van der Waals surface area (Å²) in [5, 5.41) is 0. The van der Waals surface area contributed by atoms with Gasteiger partial charge in [-0.3, -0.25) is 9.59 Å². The molecule has 0 aliphatic carbocycles. The zero-order valence-corrected chi connectivity index (χ0v) is 9.71. The molecule has 13 heavy (non-hydrogen) atoms. The van der Waals surface area contributed by atoms with Gasteiger partial charge in [0.05, 0.1) is 0 Å². The first kappa shape index (κ1) is 10.6. The predicted octanol–water partition coefficient (Wildman–Crippen LogP) is 2.80. The Kier molecular flexibility index (Phi) is 3.81. The number of hydrogen-bond donors (Lipinski definition) is 0. The Morgan fingerprint density at radius 2 is 1.77 bits per heavy atom. The zero-order valence-electron chi connectivity index (χ0n) is 6.54. The lowest BCUT2D eigenvalue weighted by molar-refractivity contribution is 0.101. The minimum absolute atomic E-state index is 0.0579. The maximum Gasteiger partial charge on any atom is 0.187 e. The van der Waals surface area contributed by atoms with Gasteiger partial charge in [0.15, 0.2) is 5.78 Å². The van der Waals surface area contributed by atoms with Crippen LogP contribution in [0.15, 0.2) is 24.3 Å². The summed E-state index contributed by atoms with van der Waals surface area (Å²) >= 11 is 6.22. The molecule has 0 atom stereocenters. The second kappa shape index (κ2) is 4.67. The number of aldehydes is 1. The van der Waals surface area contributed by atoms with Gasteiger partial charge < -0.3 is 0 Å². The van der Waals surface area contributed by atoms with Crippen LogP contribution in [0.2, 0.25) is 0 Å². The molecule has 0 aliphatic rings. The van der Waals surface area contributed by atoms with E-state index in [9.17, 15) is 9.59 Å². The molecule has 0 saturated carbocycles. The fourth-order valence-electron chi connectivity index (χ4n) is 0.852. The van der Waals surface area contributed by atoms with E-state index in [0.717, 1.165) is 6.29 Å². The summed E-state index contributed by atoms with van der Waals surface area (Å²) in [7, 11) is 0. The van der Waals surface area contributed by atoms with Crippen molar-refractivity contribution >= 4 is 43.9 Å². The quantitative estimate of drug-likeness (QED) is 0.489. The highest BCUT2D eigenvalue weighted by atomic mass is 79.9. The van der Waals surface area contributed by atoms with Crippen LogP contribution in [0.25, 0.3) is 0 Å². The van der Waals surface area contributed by atoms with Crippen molar-refractivity contribution in [2.45, 2.75) is 3.74 Å². The fourth-order valence-corrected chi connectivity index (χ4v) is 1.38. The Balaban J connectivity index is 2.92. The standard InChI is InChI=1S/C9H6Br2O2/c10-9(11)8(13)7-3-1-6(5-12)2-4-7/h1-5,9H. The lowest BCUT2D eigenvalue weighted by Gasteiger charge is -2.00. The van der Waals surface area contributed by atoms with Crippen molar-refractivity contribution in [1.29, 1.82) is 0 Å². The molecule has 0 unspecified atom stereocenters. The van der Waals surface area contributed by atoms with Crippen LogP contribution in [0.5, 0.6) is 0 Å². The van der Waals surface area contributed by atoms with E-state index in [1.807, 2.05) is 0 Å². The summed E-state index contributed by atoms with van der Waals surface area (Å²) in [6.45, 7) is 0. The third-order valence-electron chi connectivity index (χ3n) is 1.53. The fraction of sp³-hybridized carbons (Fsp3) is 0.111. The summed E-state index contributed by atoms with van der Waals surface area (Å²) in [6.07, 6.45) is 0.744. The topological polar surface area (TPSA) is 34.1 Å². The number of carbonyl (C=O) groups is 2. The minimum Gasteiger partial charge on any atom is -0.298 e. The molecule has 0 aromatic heterocycles. The van der Waals surface area contributed by atoms with Crippen LogP contribution in [0.3, 0.4) is 0 Å². The van der Waals surface area contributed by atoms with Crippen molar-refractivity contribution < 1.29 is 9.59 Å². The number of Topliss-reactive ketones (excluding diaryl/α,β-unsaturated/α-hetero) is 1. The molecule has 1 aromatic rings. The molecule has 0 saturated heterocycles. The molecule has 0 radical (unpaired) electrons. The first-order chi connectivity index (χ1) is 6.15. The number of rotatable bonds is 3. The van der Waals surface area contributed by atoms with Crippen LogP contribution in [0, 0.1) is 0 Å². The van der Waals surface area contributed by atoms with Crippen molar-refractivity contribution in [1.82, 2.24) is 0 Å². The van der Waals surface area contributed by atoms with Gasteiger partial charge >= 0.3 is 0 Å². The van der Waals surface area contributed by atoms with Crippen molar-refractivity contribution in [2.24, 2.45) is 0 Å². The van der Waals surface area contributed by atoms with Gasteiger partial charge in [0.2, 0.25) is 0 Å². The highest BCUT2D eigenvalue weighted by molar-refractivity contribution is 9.25. The van der Waals surface area contributed by atoms with Crippen molar-refractivity contribution in [3.05, 3.63) is 35.4 Å². The largest absolute Gasteiger partial charge is 0.298 e. The van der Waals surface area contributed by atoms with Crippen LogP contribution in [0.4, 0.5) is 0 Å². The number of hydrogen-bond acceptors (Lipinski definition) is 2. The molecule has 68 valence electrons. The van der Waals surface area contributed by atoms with Gasteiger partial charge in [-0.25, -0.2) is 0 Å². The average molecular weight is 306 g/mol. The van der Waals surface area contributed by atoms with E-state index in [2.05, 4.69) is 31.9 Å². The van der Waals surface area contributed by atoms with E-state index in [0.29, 0.717) is 11.1 Å². The number of ketones is 1. The van der Waals surface area contributed by atoms with E-state index in [4.69, 9.17) is 0 Å². The molecule has 0 spiro atoms. The van der Waals surface area contributed by atoms with Crippen molar-refractivity contribution in [2.75, 3.05) is 0 Å². The lowest BCUT2D eigenvalue weighted by Crippen LogP contribution is -2.06. The second-order valence-electron chi connectivity index (χ2n) is 2.40. The smallest absolute Gasteiger partial charge is 0.187 e. The second-order valence-corrected chi connectivity index (χ2v) is 5.46. The Labute approximate surface area is 92.6 Å². The highest BCUT2D eigenvalue weighted by Gasteiger charge is 2.12. The van der Waals surface area contributed by atoms with Gasteiger partial charge in [-0.15, -0.1) is 0 Å².